The summed E-state index contributed by atoms with van der Waals surface area (Å²) in [7, 11) is 0. The number of carbonyl (C=O) groups is 1. The van der Waals surface area contributed by atoms with Crippen LogP contribution in [0.3, 0.4) is 0 Å². The Labute approximate surface area is 134 Å². The van der Waals surface area contributed by atoms with Gasteiger partial charge in [0.1, 0.15) is 5.82 Å². The SMILES string of the molecule is Cc1ccc([C@@H]2C[C@@H]2C(=O)N2c3ccnn3[C@H](C)C[C@@H]2C)s1. The number of carbonyl (C=O) groups excluding carboxylic acids is 1. The largest absolute Gasteiger partial charge is 0.294 e. The standard InChI is InChI=1S/C17H21N3OS/c1-10-8-11(2)20-16(6-7-18-20)19(10)17(21)14-9-13(14)15-5-4-12(3)22-15/h4-7,10-11,13-14H,8-9H2,1-3H3/t10-,11+,13+,14-/m0/s1. The van der Waals surface area contributed by atoms with Crippen molar-refractivity contribution in [2.24, 2.45) is 5.92 Å². The van der Waals surface area contributed by atoms with E-state index >= 15 is 0 Å². The number of hydrogen-bond acceptors (Lipinski definition) is 3. The molecule has 1 fully saturated rings. The van der Waals surface area contributed by atoms with Crippen LogP contribution in [-0.4, -0.2) is 21.7 Å². The minimum atomic E-state index is 0.150. The number of aromatic nitrogens is 2. The summed E-state index contributed by atoms with van der Waals surface area (Å²) in [6, 6.07) is 6.91. The van der Waals surface area contributed by atoms with E-state index in [9.17, 15) is 4.79 Å². The lowest BCUT2D eigenvalue weighted by Gasteiger charge is -2.37. The molecule has 3 heterocycles. The molecule has 0 unspecified atom stereocenters. The molecule has 2 aromatic rings. The number of fused-ring (bicyclic) bond motifs is 1. The van der Waals surface area contributed by atoms with Crippen LogP contribution in [0.15, 0.2) is 24.4 Å². The summed E-state index contributed by atoms with van der Waals surface area (Å²) in [5.74, 6) is 1.81. The Morgan fingerprint density at radius 3 is 2.77 bits per heavy atom. The molecule has 4 nitrogen and oxygen atoms in total. The summed E-state index contributed by atoms with van der Waals surface area (Å²) < 4.78 is 1.99. The van der Waals surface area contributed by atoms with Crippen molar-refractivity contribution in [2.75, 3.05) is 4.90 Å². The minimum Gasteiger partial charge on any atom is -0.294 e. The van der Waals surface area contributed by atoms with Gasteiger partial charge in [-0.3, -0.25) is 9.69 Å². The van der Waals surface area contributed by atoms with Gasteiger partial charge in [-0.2, -0.15) is 5.10 Å². The van der Waals surface area contributed by atoms with Crippen LogP contribution in [-0.2, 0) is 4.79 Å². The normalized spacial score (nSPS) is 30.2. The summed E-state index contributed by atoms with van der Waals surface area (Å²) in [6.45, 7) is 6.45. The first-order valence-corrected chi connectivity index (χ1v) is 8.81. The summed E-state index contributed by atoms with van der Waals surface area (Å²) >= 11 is 1.83. The van der Waals surface area contributed by atoms with Crippen molar-refractivity contribution in [1.82, 2.24) is 9.78 Å². The Bertz CT molecular complexity index is 719. The van der Waals surface area contributed by atoms with Crippen LogP contribution in [0.25, 0.3) is 0 Å². The van der Waals surface area contributed by atoms with Gasteiger partial charge >= 0.3 is 0 Å². The second-order valence-corrected chi connectivity index (χ2v) is 7.99. The zero-order chi connectivity index (χ0) is 15.4. The first kappa shape index (κ1) is 14.0. The number of nitrogens with zero attached hydrogens (tertiary/aromatic N) is 3. The second-order valence-electron chi connectivity index (χ2n) is 6.67. The van der Waals surface area contributed by atoms with Gasteiger partial charge in [-0.15, -0.1) is 11.3 Å². The topological polar surface area (TPSA) is 38.1 Å². The predicted octanol–water partition coefficient (Wildman–Crippen LogP) is 3.74. The quantitative estimate of drug-likeness (QED) is 0.846. The third kappa shape index (κ3) is 2.10. The van der Waals surface area contributed by atoms with Crippen LogP contribution >= 0.6 is 11.3 Å². The maximum Gasteiger partial charge on any atom is 0.232 e. The first-order valence-electron chi connectivity index (χ1n) is 7.99. The van der Waals surface area contributed by atoms with Crippen molar-refractivity contribution in [3.63, 3.8) is 0 Å². The molecule has 0 aromatic carbocycles. The summed E-state index contributed by atoms with van der Waals surface area (Å²) in [6.07, 6.45) is 3.76. The fraction of sp³-hybridized carbons (Fsp3) is 0.529. The lowest BCUT2D eigenvalue weighted by molar-refractivity contribution is -0.120. The Kier molecular flexibility index (Phi) is 3.15. The number of anilines is 1. The van der Waals surface area contributed by atoms with Gasteiger partial charge in [-0.05, 0) is 45.7 Å². The molecule has 1 aliphatic heterocycles. The fourth-order valence-electron chi connectivity index (χ4n) is 3.71. The number of aryl methyl sites for hydroxylation is 1. The van der Waals surface area contributed by atoms with Gasteiger partial charge < -0.3 is 0 Å². The molecule has 0 bridgehead atoms. The molecule has 22 heavy (non-hydrogen) atoms. The van der Waals surface area contributed by atoms with Crippen LogP contribution in [0.5, 0.6) is 0 Å². The number of thiophene rings is 1. The molecule has 4 atom stereocenters. The average molecular weight is 315 g/mol. The molecular formula is C17H21N3OS. The van der Waals surface area contributed by atoms with Gasteiger partial charge in [0.15, 0.2) is 0 Å². The van der Waals surface area contributed by atoms with E-state index in [1.54, 1.807) is 6.20 Å². The molecule has 0 spiro atoms. The molecule has 116 valence electrons. The van der Waals surface area contributed by atoms with Gasteiger partial charge in [-0.25, -0.2) is 4.68 Å². The third-order valence-corrected chi connectivity index (χ3v) is 6.04. The smallest absolute Gasteiger partial charge is 0.232 e. The Balaban J connectivity index is 1.58. The highest BCUT2D eigenvalue weighted by Crippen LogP contribution is 2.51. The van der Waals surface area contributed by atoms with Gasteiger partial charge in [-0.1, -0.05) is 0 Å². The molecule has 2 aromatic heterocycles. The molecule has 1 saturated carbocycles. The highest BCUT2D eigenvalue weighted by Gasteiger charge is 2.48. The van der Waals surface area contributed by atoms with E-state index in [1.807, 2.05) is 27.0 Å². The zero-order valence-corrected chi connectivity index (χ0v) is 14.0. The van der Waals surface area contributed by atoms with Crippen LogP contribution in [0.1, 0.15) is 48.4 Å². The first-order chi connectivity index (χ1) is 10.6. The Morgan fingerprint density at radius 2 is 2.05 bits per heavy atom. The van der Waals surface area contributed by atoms with Crippen molar-refractivity contribution in [3.8, 4) is 0 Å². The van der Waals surface area contributed by atoms with Crippen LogP contribution in [0.2, 0.25) is 0 Å². The molecule has 2 aliphatic rings. The van der Waals surface area contributed by atoms with Crippen LogP contribution < -0.4 is 4.90 Å². The lowest BCUT2D eigenvalue weighted by atomic mass is 10.0. The van der Waals surface area contributed by atoms with E-state index in [-0.39, 0.29) is 17.9 Å². The summed E-state index contributed by atoms with van der Waals surface area (Å²) in [5.41, 5.74) is 0. The van der Waals surface area contributed by atoms with Crippen LogP contribution in [0.4, 0.5) is 5.82 Å². The summed E-state index contributed by atoms with van der Waals surface area (Å²) in [4.78, 5) is 17.7. The molecule has 5 heteroatoms. The van der Waals surface area contributed by atoms with E-state index in [4.69, 9.17) is 0 Å². The van der Waals surface area contributed by atoms with Gasteiger partial charge in [0.05, 0.1) is 12.2 Å². The number of hydrogen-bond donors (Lipinski definition) is 0. The van der Waals surface area contributed by atoms with E-state index in [0.29, 0.717) is 12.0 Å². The molecular weight excluding hydrogens is 294 g/mol. The van der Waals surface area contributed by atoms with Gasteiger partial charge in [0.25, 0.3) is 0 Å². The van der Waals surface area contributed by atoms with Gasteiger partial charge in [0.2, 0.25) is 5.91 Å². The molecule has 0 saturated heterocycles. The Morgan fingerprint density at radius 1 is 1.23 bits per heavy atom. The number of rotatable bonds is 2. The lowest BCUT2D eigenvalue weighted by Crippen LogP contribution is -2.45. The summed E-state index contributed by atoms with van der Waals surface area (Å²) in [5, 5.41) is 4.39. The molecule has 0 N–H and O–H groups in total. The highest BCUT2D eigenvalue weighted by atomic mass is 32.1. The van der Waals surface area contributed by atoms with E-state index in [0.717, 1.165) is 18.7 Å². The van der Waals surface area contributed by atoms with E-state index < -0.39 is 0 Å². The van der Waals surface area contributed by atoms with Crippen molar-refractivity contribution in [3.05, 3.63) is 34.2 Å². The maximum atomic E-state index is 13.0. The molecule has 0 radical (unpaired) electrons. The van der Waals surface area contributed by atoms with Crippen molar-refractivity contribution in [1.29, 1.82) is 0 Å². The van der Waals surface area contributed by atoms with E-state index in [1.165, 1.54) is 9.75 Å². The number of amides is 1. The average Bonchev–Trinajstić information content (AvgIpc) is 2.89. The van der Waals surface area contributed by atoms with Crippen molar-refractivity contribution < 1.29 is 4.79 Å². The Hall–Kier alpha value is -1.62. The highest BCUT2D eigenvalue weighted by molar-refractivity contribution is 7.12. The van der Waals surface area contributed by atoms with Crippen molar-refractivity contribution >= 4 is 23.1 Å². The second kappa shape index (κ2) is 4.95. The van der Waals surface area contributed by atoms with Crippen LogP contribution in [0, 0.1) is 12.8 Å². The monoisotopic (exact) mass is 315 g/mol. The van der Waals surface area contributed by atoms with E-state index in [2.05, 4.69) is 38.0 Å². The minimum absolute atomic E-state index is 0.150. The molecule has 1 amide bonds. The third-order valence-electron chi connectivity index (χ3n) is 4.91. The molecule has 4 rings (SSSR count). The molecule has 1 aliphatic carbocycles. The maximum absolute atomic E-state index is 13.0. The predicted molar refractivity (Wildman–Crippen MR) is 88.4 cm³/mol. The van der Waals surface area contributed by atoms with Gasteiger partial charge in [0, 0.05) is 33.7 Å². The van der Waals surface area contributed by atoms with Crippen molar-refractivity contribution in [2.45, 2.75) is 51.6 Å². The zero-order valence-electron chi connectivity index (χ0n) is 13.2. The fourth-order valence-corrected chi connectivity index (χ4v) is 4.76.